The number of hydrogen-bond acceptors (Lipinski definition) is 5. The minimum absolute atomic E-state index is 0.0894. The number of rotatable bonds is 5. The van der Waals surface area contributed by atoms with E-state index in [1.807, 2.05) is 41.8 Å². The number of nitrogens with one attached hydrogen (secondary N) is 1. The summed E-state index contributed by atoms with van der Waals surface area (Å²) in [5.74, 6) is 0.0763. The Morgan fingerprint density at radius 2 is 2.04 bits per heavy atom. The van der Waals surface area contributed by atoms with E-state index in [4.69, 9.17) is 0 Å². The van der Waals surface area contributed by atoms with Crippen LogP contribution in [-0.2, 0) is 11.3 Å². The highest BCUT2D eigenvalue weighted by molar-refractivity contribution is 7.12. The normalized spacial score (nSPS) is 16.4. The molecule has 0 saturated carbocycles. The Kier molecular flexibility index (Phi) is 4.97. The van der Waals surface area contributed by atoms with Crippen LogP contribution in [0.5, 0.6) is 0 Å². The summed E-state index contributed by atoms with van der Waals surface area (Å²) in [7, 11) is 0. The van der Waals surface area contributed by atoms with Crippen molar-refractivity contribution in [2.75, 3.05) is 11.9 Å². The number of anilines is 1. The molecule has 138 valence electrons. The van der Waals surface area contributed by atoms with Crippen LogP contribution in [0.2, 0.25) is 0 Å². The van der Waals surface area contributed by atoms with E-state index in [9.17, 15) is 9.59 Å². The van der Waals surface area contributed by atoms with Gasteiger partial charge in [0.1, 0.15) is 12.4 Å². The number of aromatic nitrogens is 3. The van der Waals surface area contributed by atoms with Crippen molar-refractivity contribution in [1.82, 2.24) is 19.7 Å². The van der Waals surface area contributed by atoms with Crippen molar-refractivity contribution in [3.63, 3.8) is 0 Å². The van der Waals surface area contributed by atoms with E-state index in [2.05, 4.69) is 15.5 Å². The molecule has 2 amide bonds. The van der Waals surface area contributed by atoms with Gasteiger partial charge in [0.25, 0.3) is 5.91 Å². The van der Waals surface area contributed by atoms with Crippen molar-refractivity contribution in [1.29, 1.82) is 0 Å². The molecule has 1 N–H and O–H groups in total. The van der Waals surface area contributed by atoms with Crippen LogP contribution in [0.4, 0.5) is 5.95 Å². The molecule has 1 aromatic carbocycles. The summed E-state index contributed by atoms with van der Waals surface area (Å²) in [4.78, 5) is 27.8. The smallest absolute Gasteiger partial charge is 0.264 e. The van der Waals surface area contributed by atoms with Gasteiger partial charge in [0.2, 0.25) is 11.9 Å². The number of nitrogens with zero attached hydrogens (tertiary/aromatic N) is 4. The van der Waals surface area contributed by atoms with Crippen molar-refractivity contribution in [3.05, 3.63) is 64.6 Å². The Labute approximate surface area is 160 Å². The molecular formula is C19H19N5O2S. The van der Waals surface area contributed by atoms with Gasteiger partial charge in [-0.3, -0.25) is 19.5 Å². The first-order valence-electron chi connectivity index (χ1n) is 8.79. The molecule has 3 heterocycles. The van der Waals surface area contributed by atoms with E-state index >= 15 is 0 Å². The Morgan fingerprint density at radius 3 is 2.81 bits per heavy atom. The van der Waals surface area contributed by atoms with Crippen molar-refractivity contribution >= 4 is 29.1 Å². The van der Waals surface area contributed by atoms with Gasteiger partial charge in [-0.25, -0.2) is 0 Å². The van der Waals surface area contributed by atoms with E-state index in [-0.39, 0.29) is 11.8 Å². The summed E-state index contributed by atoms with van der Waals surface area (Å²) >= 11 is 1.39. The van der Waals surface area contributed by atoms with E-state index in [0.717, 1.165) is 12.0 Å². The summed E-state index contributed by atoms with van der Waals surface area (Å²) in [5, 5.41) is 12.6. The summed E-state index contributed by atoms with van der Waals surface area (Å²) in [5.41, 5.74) is 1.09. The largest absolute Gasteiger partial charge is 0.326 e. The lowest BCUT2D eigenvalue weighted by Crippen LogP contribution is -2.43. The number of likely N-dealkylation sites (tertiary alicyclic amines) is 1. The molecule has 0 bridgehead atoms. The number of hydrogen-bond donors (Lipinski definition) is 1. The van der Waals surface area contributed by atoms with Crippen molar-refractivity contribution in [2.24, 2.45) is 0 Å². The number of carbonyl (C=O) groups is 2. The predicted molar refractivity (Wildman–Crippen MR) is 103 cm³/mol. The fourth-order valence-electron chi connectivity index (χ4n) is 3.27. The van der Waals surface area contributed by atoms with Crippen LogP contribution in [0.1, 0.15) is 28.1 Å². The van der Waals surface area contributed by atoms with E-state index < -0.39 is 6.04 Å². The summed E-state index contributed by atoms with van der Waals surface area (Å²) in [6, 6.07) is 13.0. The quantitative estimate of drug-likeness (QED) is 0.737. The summed E-state index contributed by atoms with van der Waals surface area (Å²) < 4.78 is 1.79. The lowest BCUT2D eigenvalue weighted by molar-refractivity contribution is -0.119. The van der Waals surface area contributed by atoms with Crippen LogP contribution in [0.25, 0.3) is 0 Å². The Balaban J connectivity index is 1.46. The zero-order valence-electron chi connectivity index (χ0n) is 14.6. The topological polar surface area (TPSA) is 80.1 Å². The van der Waals surface area contributed by atoms with Gasteiger partial charge in [-0.2, -0.15) is 0 Å². The maximum atomic E-state index is 12.8. The molecule has 1 aliphatic heterocycles. The predicted octanol–water partition coefficient (Wildman–Crippen LogP) is 2.63. The van der Waals surface area contributed by atoms with Gasteiger partial charge in [-0.1, -0.05) is 36.4 Å². The Hall–Kier alpha value is -3.00. The lowest BCUT2D eigenvalue weighted by Gasteiger charge is -2.23. The zero-order chi connectivity index (χ0) is 18.6. The van der Waals surface area contributed by atoms with E-state index in [1.54, 1.807) is 21.9 Å². The fourth-order valence-corrected chi connectivity index (χ4v) is 3.94. The molecule has 4 rings (SSSR count). The number of thiophene rings is 1. The van der Waals surface area contributed by atoms with E-state index in [0.29, 0.717) is 30.3 Å². The molecule has 0 unspecified atom stereocenters. The van der Waals surface area contributed by atoms with Crippen LogP contribution in [0, 0.1) is 0 Å². The SMILES string of the molecule is O=C(Nc1nncn1Cc1ccccc1)[C@@H]1CCCN1C(=O)c1cccs1. The van der Waals surface area contributed by atoms with Crippen molar-refractivity contribution < 1.29 is 9.59 Å². The molecule has 27 heavy (non-hydrogen) atoms. The first-order chi connectivity index (χ1) is 13.2. The minimum Gasteiger partial charge on any atom is -0.326 e. The van der Waals surface area contributed by atoms with Gasteiger partial charge >= 0.3 is 0 Å². The van der Waals surface area contributed by atoms with Gasteiger partial charge in [-0.05, 0) is 29.9 Å². The second-order valence-corrected chi connectivity index (χ2v) is 7.34. The number of carbonyl (C=O) groups excluding carboxylic acids is 2. The van der Waals surface area contributed by atoms with Crippen LogP contribution in [0.15, 0.2) is 54.2 Å². The van der Waals surface area contributed by atoms with Gasteiger partial charge < -0.3 is 4.90 Å². The second kappa shape index (κ2) is 7.71. The highest BCUT2D eigenvalue weighted by Crippen LogP contribution is 2.23. The molecule has 7 nitrogen and oxygen atoms in total. The first kappa shape index (κ1) is 17.4. The monoisotopic (exact) mass is 381 g/mol. The zero-order valence-corrected chi connectivity index (χ0v) is 15.4. The third kappa shape index (κ3) is 3.75. The number of amides is 2. The average Bonchev–Trinajstić information content (AvgIpc) is 3.44. The fraction of sp³-hybridized carbons (Fsp3) is 0.263. The second-order valence-electron chi connectivity index (χ2n) is 6.39. The Morgan fingerprint density at radius 1 is 1.19 bits per heavy atom. The molecule has 8 heteroatoms. The lowest BCUT2D eigenvalue weighted by atomic mass is 10.2. The molecular weight excluding hydrogens is 362 g/mol. The molecule has 0 spiro atoms. The highest BCUT2D eigenvalue weighted by atomic mass is 32.1. The van der Waals surface area contributed by atoms with Crippen LogP contribution in [-0.4, -0.2) is 44.1 Å². The minimum atomic E-state index is -0.485. The van der Waals surface area contributed by atoms with Crippen LogP contribution >= 0.6 is 11.3 Å². The molecule has 2 aromatic heterocycles. The maximum Gasteiger partial charge on any atom is 0.264 e. The van der Waals surface area contributed by atoms with E-state index in [1.165, 1.54) is 11.3 Å². The van der Waals surface area contributed by atoms with Gasteiger partial charge in [0.05, 0.1) is 11.4 Å². The highest BCUT2D eigenvalue weighted by Gasteiger charge is 2.35. The van der Waals surface area contributed by atoms with Gasteiger partial charge in [0.15, 0.2) is 0 Å². The third-order valence-corrected chi connectivity index (χ3v) is 5.45. The number of benzene rings is 1. The molecule has 1 aliphatic rings. The molecule has 0 aliphatic carbocycles. The summed E-state index contributed by atoms with van der Waals surface area (Å²) in [6.45, 7) is 1.15. The standard InChI is InChI=1S/C19H19N5O2S/c25-17(15-8-4-10-24(15)18(26)16-9-5-11-27-16)21-19-22-20-13-23(19)12-14-6-2-1-3-7-14/h1-3,5-7,9,11,13,15H,4,8,10,12H2,(H,21,22,25)/t15-/m0/s1. The van der Waals surface area contributed by atoms with Crippen LogP contribution in [0.3, 0.4) is 0 Å². The van der Waals surface area contributed by atoms with Gasteiger partial charge in [0, 0.05) is 6.54 Å². The average molecular weight is 381 g/mol. The summed E-state index contributed by atoms with van der Waals surface area (Å²) in [6.07, 6.45) is 3.05. The van der Waals surface area contributed by atoms with Crippen molar-refractivity contribution in [2.45, 2.75) is 25.4 Å². The molecule has 1 saturated heterocycles. The van der Waals surface area contributed by atoms with Crippen molar-refractivity contribution in [3.8, 4) is 0 Å². The first-order valence-corrected chi connectivity index (χ1v) is 9.67. The van der Waals surface area contributed by atoms with Gasteiger partial charge in [-0.15, -0.1) is 21.5 Å². The molecule has 3 aromatic rings. The molecule has 1 atom stereocenters. The molecule has 0 radical (unpaired) electrons. The maximum absolute atomic E-state index is 12.8. The third-order valence-electron chi connectivity index (χ3n) is 4.59. The Bertz CT molecular complexity index is 923. The van der Waals surface area contributed by atoms with Crippen LogP contribution < -0.4 is 5.32 Å². The molecule has 1 fully saturated rings.